The highest BCUT2D eigenvalue weighted by Gasteiger charge is 2.50. The first-order valence-electron chi connectivity index (χ1n) is 20.4. The van der Waals surface area contributed by atoms with Gasteiger partial charge in [-0.05, 0) is 129 Å². The van der Waals surface area contributed by atoms with Crippen LogP contribution in [0.5, 0.6) is 0 Å². The SMILES string of the molecule is C=C1C(=CC=C2CCC[C@]3(C)[C@@H]([C@H](C)C=CC(O)C(C)(C)OC(=O)OCCCC)CC[C@@H]23)CC(O[Si](C)(C)C(C)(C)C)CC1O[Si](C)(C)C(C)(C)C. The monoisotopic (exact) mass is 759 g/mol. The van der Waals surface area contributed by atoms with E-state index >= 15 is 0 Å². The molecule has 3 unspecified atom stereocenters. The predicted molar refractivity (Wildman–Crippen MR) is 223 cm³/mol. The van der Waals surface area contributed by atoms with Gasteiger partial charge in [-0.1, -0.05) is 105 Å². The summed E-state index contributed by atoms with van der Waals surface area (Å²) in [5.74, 6) is 1.33. The lowest BCUT2D eigenvalue weighted by Gasteiger charge is -2.45. The Labute approximate surface area is 321 Å². The summed E-state index contributed by atoms with van der Waals surface area (Å²) in [7, 11) is -4.00. The summed E-state index contributed by atoms with van der Waals surface area (Å²) in [4.78, 5) is 12.2. The Morgan fingerprint density at radius 1 is 0.981 bits per heavy atom. The molecule has 3 aliphatic rings. The summed E-state index contributed by atoms with van der Waals surface area (Å²) in [6, 6.07) is 0. The molecule has 3 aliphatic carbocycles. The van der Waals surface area contributed by atoms with Crippen LogP contribution in [0, 0.1) is 23.2 Å². The zero-order valence-electron chi connectivity index (χ0n) is 36.0. The number of rotatable bonds is 13. The van der Waals surface area contributed by atoms with Gasteiger partial charge in [0, 0.05) is 6.42 Å². The van der Waals surface area contributed by atoms with E-state index in [1.54, 1.807) is 19.4 Å². The van der Waals surface area contributed by atoms with E-state index in [4.69, 9.17) is 18.3 Å². The maximum atomic E-state index is 12.2. The number of hydrogen-bond donors (Lipinski definition) is 1. The highest BCUT2D eigenvalue weighted by molar-refractivity contribution is 6.74. The van der Waals surface area contributed by atoms with Gasteiger partial charge < -0.3 is 23.4 Å². The molecule has 52 heavy (non-hydrogen) atoms. The van der Waals surface area contributed by atoms with Crippen molar-refractivity contribution in [2.24, 2.45) is 23.2 Å². The summed E-state index contributed by atoms with van der Waals surface area (Å²) in [6.07, 6.45) is 16.6. The Kier molecular flexibility index (Phi) is 14.8. The number of fused-ring (bicyclic) bond motifs is 1. The molecule has 0 saturated heterocycles. The molecule has 0 aliphatic heterocycles. The van der Waals surface area contributed by atoms with Gasteiger partial charge in [0.25, 0.3) is 0 Å². The Balaban J connectivity index is 1.82. The zero-order chi connectivity index (χ0) is 39.5. The van der Waals surface area contributed by atoms with Crippen molar-refractivity contribution in [2.45, 2.75) is 194 Å². The van der Waals surface area contributed by atoms with Crippen LogP contribution >= 0.6 is 0 Å². The number of unbranched alkanes of at least 4 members (excludes halogenated alkanes) is 1. The molecule has 1 N–H and O–H groups in total. The van der Waals surface area contributed by atoms with Crippen molar-refractivity contribution in [1.29, 1.82) is 0 Å². The summed E-state index contributed by atoms with van der Waals surface area (Å²) >= 11 is 0. The van der Waals surface area contributed by atoms with Crippen LogP contribution in [-0.4, -0.2) is 58.4 Å². The van der Waals surface area contributed by atoms with Crippen molar-refractivity contribution >= 4 is 22.8 Å². The molecule has 3 saturated carbocycles. The summed E-state index contributed by atoms with van der Waals surface area (Å²) in [5, 5.41) is 11.3. The van der Waals surface area contributed by atoms with E-state index in [0.717, 1.165) is 44.1 Å². The van der Waals surface area contributed by atoms with E-state index in [-0.39, 0.29) is 33.6 Å². The third kappa shape index (κ3) is 10.9. The normalized spacial score (nSPS) is 29.4. The van der Waals surface area contributed by atoms with E-state index in [1.165, 1.54) is 24.8 Å². The minimum absolute atomic E-state index is 0.0217. The fraction of sp³-hybridized carbons (Fsp3) is 0.795. The summed E-state index contributed by atoms with van der Waals surface area (Å²) < 4.78 is 24.9. The molecule has 3 fully saturated rings. The lowest BCUT2D eigenvalue weighted by Crippen LogP contribution is -2.49. The first kappa shape index (κ1) is 44.9. The van der Waals surface area contributed by atoms with Crippen LogP contribution in [0.3, 0.4) is 0 Å². The molecule has 6 nitrogen and oxygen atoms in total. The fourth-order valence-corrected chi connectivity index (χ4v) is 10.8. The molecular weight excluding hydrogens is 681 g/mol. The zero-order valence-corrected chi connectivity index (χ0v) is 38.0. The standard InChI is InChI=1S/C44H78O6Si2/c1-17-18-28-47-40(46)48-43(10,11)39(45)26-21-31(2)36-24-25-37-33(20-19-27-44(36,37)12)22-23-34-29-35(49-51(13,14)41(4,5)6)30-38(32(34)3)50-52(15,16)42(7,8)9/h21-23,26,31,35-39,45H,3,17-20,24-25,27-30H2,1-2,4-16H3/t31-,35?,36-,37+,38?,39?,44-/m1/s1. The molecule has 7 atom stereocenters. The molecule has 0 amide bonds. The summed E-state index contributed by atoms with van der Waals surface area (Å²) in [6.45, 7) is 38.6. The lowest BCUT2D eigenvalue weighted by atomic mass is 9.61. The maximum Gasteiger partial charge on any atom is 0.508 e. The van der Waals surface area contributed by atoms with E-state index in [1.807, 2.05) is 13.0 Å². The molecule has 298 valence electrons. The van der Waals surface area contributed by atoms with Crippen molar-refractivity contribution < 1.29 is 28.2 Å². The molecule has 0 bridgehead atoms. The highest BCUT2D eigenvalue weighted by Crippen LogP contribution is 2.59. The van der Waals surface area contributed by atoms with Gasteiger partial charge in [0.1, 0.15) is 11.7 Å². The van der Waals surface area contributed by atoms with Crippen LogP contribution in [0.1, 0.15) is 134 Å². The van der Waals surface area contributed by atoms with Gasteiger partial charge in [-0.3, -0.25) is 0 Å². The molecule has 0 spiro atoms. The van der Waals surface area contributed by atoms with Crippen LogP contribution in [0.2, 0.25) is 36.3 Å². The quantitative estimate of drug-likeness (QED) is 0.0872. The number of allylic oxidation sites excluding steroid dienone is 4. The largest absolute Gasteiger partial charge is 0.508 e. The number of carbonyl (C=O) groups excluding carboxylic acids is 1. The van der Waals surface area contributed by atoms with E-state index in [2.05, 4.69) is 106 Å². The van der Waals surface area contributed by atoms with Crippen LogP contribution < -0.4 is 0 Å². The first-order valence-corrected chi connectivity index (χ1v) is 26.2. The van der Waals surface area contributed by atoms with Crippen LogP contribution in [0.4, 0.5) is 4.79 Å². The number of aliphatic hydroxyl groups excluding tert-OH is 1. The summed E-state index contributed by atoms with van der Waals surface area (Å²) in [5.41, 5.74) is 3.11. The Morgan fingerprint density at radius 3 is 2.19 bits per heavy atom. The Hall–Kier alpha value is -1.46. The molecule has 0 radical (unpaired) electrons. The van der Waals surface area contributed by atoms with Crippen molar-refractivity contribution in [3.63, 3.8) is 0 Å². The van der Waals surface area contributed by atoms with Crippen molar-refractivity contribution in [3.8, 4) is 0 Å². The van der Waals surface area contributed by atoms with E-state index < -0.39 is 34.5 Å². The Bertz CT molecular complexity index is 1330. The van der Waals surface area contributed by atoms with Crippen LogP contribution in [0.25, 0.3) is 0 Å². The molecule has 3 rings (SSSR count). The van der Waals surface area contributed by atoms with E-state index in [9.17, 15) is 9.90 Å². The number of hydrogen-bond acceptors (Lipinski definition) is 6. The molecule has 0 heterocycles. The second kappa shape index (κ2) is 17.1. The average molecular weight is 759 g/mol. The minimum atomic E-state index is -2.02. The number of aliphatic hydroxyl groups is 1. The lowest BCUT2D eigenvalue weighted by molar-refractivity contribution is -0.0670. The minimum Gasteiger partial charge on any atom is -0.434 e. The smallest absolute Gasteiger partial charge is 0.434 e. The van der Waals surface area contributed by atoms with Crippen molar-refractivity contribution in [3.05, 3.63) is 47.6 Å². The van der Waals surface area contributed by atoms with Crippen LogP contribution in [0.15, 0.2) is 47.6 Å². The molecule has 0 aromatic rings. The highest BCUT2D eigenvalue weighted by atomic mass is 28.4. The molecule has 0 aromatic heterocycles. The Morgan fingerprint density at radius 2 is 1.60 bits per heavy atom. The first-order chi connectivity index (χ1) is 23.8. The molecule has 0 aromatic carbocycles. The molecule has 8 heteroatoms. The van der Waals surface area contributed by atoms with Crippen molar-refractivity contribution in [2.75, 3.05) is 6.61 Å². The van der Waals surface area contributed by atoms with Crippen molar-refractivity contribution in [1.82, 2.24) is 0 Å². The second-order valence-corrected chi connectivity index (χ2v) is 29.7. The van der Waals surface area contributed by atoms with Gasteiger partial charge in [0.15, 0.2) is 16.6 Å². The average Bonchev–Trinajstić information content (AvgIpc) is 3.36. The van der Waals surface area contributed by atoms with Gasteiger partial charge >= 0.3 is 6.16 Å². The van der Waals surface area contributed by atoms with Gasteiger partial charge in [-0.2, -0.15) is 0 Å². The van der Waals surface area contributed by atoms with Gasteiger partial charge in [-0.15, -0.1) is 0 Å². The topological polar surface area (TPSA) is 74.2 Å². The third-order valence-corrected chi connectivity index (χ3v) is 22.8. The third-order valence-electron chi connectivity index (χ3n) is 13.8. The van der Waals surface area contributed by atoms with Gasteiger partial charge in [0.05, 0.1) is 18.8 Å². The van der Waals surface area contributed by atoms with Crippen LogP contribution in [-0.2, 0) is 18.3 Å². The van der Waals surface area contributed by atoms with Gasteiger partial charge in [0.2, 0.25) is 0 Å². The predicted octanol–water partition coefficient (Wildman–Crippen LogP) is 12.5. The number of ether oxygens (including phenoxy) is 2. The van der Waals surface area contributed by atoms with Gasteiger partial charge in [-0.25, -0.2) is 4.79 Å². The molecular formula is C44H78O6Si2. The maximum absolute atomic E-state index is 12.2. The second-order valence-electron chi connectivity index (χ2n) is 20.2. The number of carbonyl (C=O) groups is 1. The van der Waals surface area contributed by atoms with E-state index in [0.29, 0.717) is 18.4 Å². The fourth-order valence-electron chi connectivity index (χ4n) is 8.16.